The average Bonchev–Trinajstić information content (AvgIpc) is 2.02. The fraction of sp³-hybridized carbons (Fsp3) is 0.167. The SMILES string of the molecule is COC(=O)Nc1nc(O)cc(=O)[nH]1. The van der Waals surface area contributed by atoms with Crippen LogP contribution in [0.2, 0.25) is 0 Å². The molecule has 7 heteroatoms. The number of carbonyl (C=O) groups is 1. The molecule has 0 radical (unpaired) electrons. The van der Waals surface area contributed by atoms with Gasteiger partial charge < -0.3 is 9.84 Å². The molecule has 1 amide bonds. The number of hydrogen-bond acceptors (Lipinski definition) is 5. The van der Waals surface area contributed by atoms with Crippen molar-refractivity contribution in [2.24, 2.45) is 0 Å². The predicted molar refractivity (Wildman–Crippen MR) is 42.6 cm³/mol. The zero-order valence-corrected chi connectivity index (χ0v) is 6.70. The molecule has 7 nitrogen and oxygen atoms in total. The van der Waals surface area contributed by atoms with Gasteiger partial charge in [0.2, 0.25) is 11.8 Å². The molecule has 0 aromatic carbocycles. The maximum absolute atomic E-state index is 10.7. The van der Waals surface area contributed by atoms with E-state index in [1.54, 1.807) is 0 Å². The van der Waals surface area contributed by atoms with Crippen LogP contribution in [-0.4, -0.2) is 28.3 Å². The van der Waals surface area contributed by atoms with E-state index in [1.807, 2.05) is 0 Å². The number of methoxy groups -OCH3 is 1. The molecule has 0 fully saturated rings. The summed E-state index contributed by atoms with van der Waals surface area (Å²) in [6.45, 7) is 0. The second-order valence-corrected chi connectivity index (χ2v) is 2.07. The lowest BCUT2D eigenvalue weighted by atomic mass is 10.6. The number of amides is 1. The van der Waals surface area contributed by atoms with Gasteiger partial charge in [0.05, 0.1) is 13.2 Å². The van der Waals surface area contributed by atoms with Crippen LogP contribution in [0.25, 0.3) is 0 Å². The number of rotatable bonds is 1. The van der Waals surface area contributed by atoms with Gasteiger partial charge in [-0.3, -0.25) is 15.1 Å². The van der Waals surface area contributed by atoms with E-state index in [1.165, 1.54) is 0 Å². The number of carbonyl (C=O) groups excluding carboxylic acids is 1. The van der Waals surface area contributed by atoms with Crippen molar-refractivity contribution < 1.29 is 14.6 Å². The van der Waals surface area contributed by atoms with Crippen LogP contribution in [0.15, 0.2) is 10.9 Å². The molecule has 0 bridgehead atoms. The van der Waals surface area contributed by atoms with E-state index in [4.69, 9.17) is 5.11 Å². The van der Waals surface area contributed by atoms with E-state index in [9.17, 15) is 9.59 Å². The van der Waals surface area contributed by atoms with Gasteiger partial charge in [-0.05, 0) is 0 Å². The predicted octanol–water partition coefficient (Wildman–Crippen LogP) is -0.346. The Bertz CT molecular complexity index is 372. The fourth-order valence-corrected chi connectivity index (χ4v) is 0.652. The van der Waals surface area contributed by atoms with Crippen molar-refractivity contribution in [3.63, 3.8) is 0 Å². The third-order valence-corrected chi connectivity index (χ3v) is 1.13. The number of aromatic hydroxyl groups is 1. The second-order valence-electron chi connectivity index (χ2n) is 2.07. The quantitative estimate of drug-likeness (QED) is 0.554. The number of nitrogens with zero attached hydrogens (tertiary/aromatic N) is 1. The summed E-state index contributed by atoms with van der Waals surface area (Å²) in [4.78, 5) is 26.9. The molecule has 1 heterocycles. The summed E-state index contributed by atoms with van der Waals surface area (Å²) >= 11 is 0. The van der Waals surface area contributed by atoms with E-state index < -0.39 is 17.5 Å². The normalized spacial score (nSPS) is 9.31. The van der Waals surface area contributed by atoms with Crippen LogP contribution in [0.1, 0.15) is 0 Å². The van der Waals surface area contributed by atoms with Crippen molar-refractivity contribution in [1.29, 1.82) is 0 Å². The van der Waals surface area contributed by atoms with Crippen molar-refractivity contribution in [2.45, 2.75) is 0 Å². The monoisotopic (exact) mass is 185 g/mol. The number of aromatic nitrogens is 2. The molecule has 0 saturated carbocycles. The number of anilines is 1. The van der Waals surface area contributed by atoms with Gasteiger partial charge in [-0.25, -0.2) is 4.79 Å². The molecule has 1 aromatic rings. The van der Waals surface area contributed by atoms with Gasteiger partial charge in [0.25, 0.3) is 5.56 Å². The molecule has 13 heavy (non-hydrogen) atoms. The van der Waals surface area contributed by atoms with Crippen LogP contribution in [0.3, 0.4) is 0 Å². The lowest BCUT2D eigenvalue weighted by molar-refractivity contribution is 0.186. The molecule has 0 atom stereocenters. The van der Waals surface area contributed by atoms with E-state index in [-0.39, 0.29) is 5.95 Å². The molecule has 0 aliphatic rings. The Morgan fingerprint density at radius 2 is 2.46 bits per heavy atom. The Labute approximate surface area is 72.4 Å². The van der Waals surface area contributed by atoms with Crippen molar-refractivity contribution >= 4 is 12.0 Å². The minimum absolute atomic E-state index is 0.170. The van der Waals surface area contributed by atoms with Crippen molar-refractivity contribution in [1.82, 2.24) is 9.97 Å². The highest BCUT2D eigenvalue weighted by Crippen LogP contribution is 2.01. The molecular weight excluding hydrogens is 178 g/mol. The van der Waals surface area contributed by atoms with E-state index >= 15 is 0 Å². The Hall–Kier alpha value is -2.05. The summed E-state index contributed by atoms with van der Waals surface area (Å²) in [7, 11) is 1.16. The first kappa shape index (κ1) is 9.04. The van der Waals surface area contributed by atoms with Crippen molar-refractivity contribution in [2.75, 3.05) is 12.4 Å². The van der Waals surface area contributed by atoms with Crippen LogP contribution in [0.5, 0.6) is 5.88 Å². The summed E-state index contributed by atoms with van der Waals surface area (Å²) in [5.41, 5.74) is -0.570. The first-order chi connectivity index (χ1) is 6.11. The summed E-state index contributed by atoms with van der Waals surface area (Å²) in [5.74, 6) is -0.646. The van der Waals surface area contributed by atoms with Gasteiger partial charge in [-0.15, -0.1) is 0 Å². The van der Waals surface area contributed by atoms with E-state index in [0.717, 1.165) is 13.2 Å². The van der Waals surface area contributed by atoms with Crippen LogP contribution in [0.4, 0.5) is 10.7 Å². The van der Waals surface area contributed by atoms with Gasteiger partial charge in [0.1, 0.15) is 0 Å². The zero-order chi connectivity index (χ0) is 9.84. The summed E-state index contributed by atoms with van der Waals surface area (Å²) in [6.07, 6.45) is -0.784. The molecule has 0 spiro atoms. The van der Waals surface area contributed by atoms with Gasteiger partial charge in [0, 0.05) is 0 Å². The van der Waals surface area contributed by atoms with Crippen LogP contribution in [-0.2, 0) is 4.74 Å². The molecule has 70 valence electrons. The minimum atomic E-state index is -0.784. The third-order valence-electron chi connectivity index (χ3n) is 1.13. The second kappa shape index (κ2) is 3.57. The molecule has 1 rings (SSSR count). The highest BCUT2D eigenvalue weighted by molar-refractivity contribution is 5.81. The summed E-state index contributed by atoms with van der Waals surface area (Å²) in [5, 5.41) is 10.9. The summed E-state index contributed by atoms with van der Waals surface area (Å²) in [6, 6.07) is 0.877. The Morgan fingerprint density at radius 1 is 1.77 bits per heavy atom. The lowest BCUT2D eigenvalue weighted by Gasteiger charge is -2.01. The smallest absolute Gasteiger partial charge is 0.413 e. The Balaban J connectivity index is 2.89. The average molecular weight is 185 g/mol. The standard InChI is InChI=1S/C6H7N3O4/c1-13-6(12)9-5-7-3(10)2-4(11)8-5/h2H,1H3,(H3,7,8,9,10,11,12). The molecule has 0 aliphatic carbocycles. The van der Waals surface area contributed by atoms with Crippen molar-refractivity contribution in [3.05, 3.63) is 16.4 Å². The van der Waals surface area contributed by atoms with Gasteiger partial charge >= 0.3 is 6.09 Å². The van der Waals surface area contributed by atoms with Crippen LogP contribution >= 0.6 is 0 Å². The molecule has 0 saturated heterocycles. The maximum atomic E-state index is 10.7. The molecule has 0 unspecified atom stereocenters. The molecule has 1 aromatic heterocycles. The zero-order valence-electron chi connectivity index (χ0n) is 6.70. The number of H-pyrrole nitrogens is 1. The van der Waals surface area contributed by atoms with E-state index in [2.05, 4.69) is 20.0 Å². The lowest BCUT2D eigenvalue weighted by Crippen LogP contribution is -2.17. The fourth-order valence-electron chi connectivity index (χ4n) is 0.652. The van der Waals surface area contributed by atoms with E-state index in [0.29, 0.717) is 0 Å². The van der Waals surface area contributed by atoms with Gasteiger partial charge in [-0.1, -0.05) is 0 Å². The number of ether oxygens (including phenoxy) is 1. The maximum Gasteiger partial charge on any atom is 0.413 e. The topological polar surface area (TPSA) is 104 Å². The first-order valence-electron chi connectivity index (χ1n) is 3.27. The highest BCUT2D eigenvalue weighted by atomic mass is 16.5. The number of aromatic amines is 1. The Morgan fingerprint density at radius 3 is 3.00 bits per heavy atom. The van der Waals surface area contributed by atoms with Gasteiger partial charge in [0.15, 0.2) is 0 Å². The molecular formula is C6H7N3O4. The first-order valence-corrected chi connectivity index (χ1v) is 3.27. The third kappa shape index (κ3) is 2.47. The van der Waals surface area contributed by atoms with Crippen LogP contribution < -0.4 is 10.9 Å². The summed E-state index contributed by atoms with van der Waals surface area (Å²) < 4.78 is 4.24. The Kier molecular flexibility index (Phi) is 2.48. The van der Waals surface area contributed by atoms with Crippen molar-refractivity contribution in [3.8, 4) is 5.88 Å². The largest absolute Gasteiger partial charge is 0.493 e. The highest BCUT2D eigenvalue weighted by Gasteiger charge is 2.03. The van der Waals surface area contributed by atoms with Crippen LogP contribution in [0, 0.1) is 0 Å². The number of hydrogen-bond donors (Lipinski definition) is 3. The minimum Gasteiger partial charge on any atom is -0.493 e. The van der Waals surface area contributed by atoms with Gasteiger partial charge in [-0.2, -0.15) is 4.98 Å². The molecule has 0 aliphatic heterocycles. The molecule has 3 N–H and O–H groups in total. The number of nitrogens with one attached hydrogen (secondary N) is 2.